The van der Waals surface area contributed by atoms with Gasteiger partial charge >= 0.3 is 0 Å². The van der Waals surface area contributed by atoms with E-state index >= 15 is 0 Å². The number of amides is 1. The topological polar surface area (TPSA) is 50.4 Å². The molecule has 0 aromatic heterocycles. The van der Waals surface area contributed by atoms with E-state index in [0.29, 0.717) is 19.6 Å². The molecule has 1 amide bonds. The number of carbonyl (C=O) groups is 1. The predicted molar refractivity (Wildman–Crippen MR) is 64.8 cm³/mol. The fraction of sp³-hybridized carbons (Fsp3) is 0.700. The van der Waals surface area contributed by atoms with Gasteiger partial charge in [-0.1, -0.05) is 13.5 Å². The van der Waals surface area contributed by atoms with Gasteiger partial charge in [-0.05, 0) is 5.75 Å². The van der Waals surface area contributed by atoms with Gasteiger partial charge in [-0.15, -0.1) is 11.8 Å². The largest absolute Gasteiger partial charge is 0.383 e. The average molecular weight is 232 g/mol. The molecule has 0 atom stereocenters. The van der Waals surface area contributed by atoms with Crippen molar-refractivity contribution in [2.75, 3.05) is 32.6 Å². The Bertz CT molecular complexity index is 198. The van der Waals surface area contributed by atoms with Gasteiger partial charge in [-0.25, -0.2) is 0 Å². The van der Waals surface area contributed by atoms with E-state index in [1.165, 1.54) is 0 Å². The zero-order valence-electron chi connectivity index (χ0n) is 9.47. The standard InChI is InChI=1S/C10H20N2O2S/c1-4-15-9(2)12-10(13)5-6-11-7-8-14-3/h11H,2,4-8H2,1,3H3,(H,12,13). The number of methoxy groups -OCH3 is 1. The van der Waals surface area contributed by atoms with Gasteiger partial charge in [-0.2, -0.15) is 0 Å². The van der Waals surface area contributed by atoms with Crippen LogP contribution in [-0.4, -0.2) is 38.5 Å². The molecular weight excluding hydrogens is 212 g/mol. The number of ether oxygens (including phenoxy) is 1. The van der Waals surface area contributed by atoms with Crippen molar-refractivity contribution < 1.29 is 9.53 Å². The van der Waals surface area contributed by atoms with Crippen LogP contribution in [0.5, 0.6) is 0 Å². The van der Waals surface area contributed by atoms with Gasteiger partial charge in [0.15, 0.2) is 0 Å². The first-order chi connectivity index (χ1) is 7.20. The molecule has 5 heteroatoms. The quantitative estimate of drug-likeness (QED) is 0.581. The van der Waals surface area contributed by atoms with Crippen molar-refractivity contribution in [1.82, 2.24) is 10.6 Å². The molecule has 0 radical (unpaired) electrons. The van der Waals surface area contributed by atoms with Crippen molar-refractivity contribution in [3.05, 3.63) is 11.6 Å². The number of hydrogen-bond acceptors (Lipinski definition) is 4. The lowest BCUT2D eigenvalue weighted by Gasteiger charge is -2.07. The van der Waals surface area contributed by atoms with E-state index in [9.17, 15) is 4.79 Å². The lowest BCUT2D eigenvalue weighted by molar-refractivity contribution is -0.120. The maximum absolute atomic E-state index is 11.3. The number of hydrogen-bond donors (Lipinski definition) is 2. The fourth-order valence-electron chi connectivity index (χ4n) is 0.929. The summed E-state index contributed by atoms with van der Waals surface area (Å²) in [5, 5.41) is 6.55. The summed E-state index contributed by atoms with van der Waals surface area (Å²) in [5.74, 6) is 0.927. The normalized spacial score (nSPS) is 10.0. The maximum Gasteiger partial charge on any atom is 0.226 e. The van der Waals surface area contributed by atoms with Crippen molar-refractivity contribution in [3.8, 4) is 0 Å². The smallest absolute Gasteiger partial charge is 0.226 e. The Morgan fingerprint density at radius 1 is 1.47 bits per heavy atom. The van der Waals surface area contributed by atoms with Crippen LogP contribution in [0.2, 0.25) is 0 Å². The van der Waals surface area contributed by atoms with E-state index < -0.39 is 0 Å². The molecular formula is C10H20N2O2S. The fourth-order valence-corrected chi connectivity index (χ4v) is 1.46. The van der Waals surface area contributed by atoms with Crippen LogP contribution in [0.15, 0.2) is 11.6 Å². The van der Waals surface area contributed by atoms with Crippen LogP contribution in [0.3, 0.4) is 0 Å². The molecule has 0 aliphatic heterocycles. The molecule has 88 valence electrons. The zero-order valence-corrected chi connectivity index (χ0v) is 10.3. The molecule has 0 rings (SSSR count). The predicted octanol–water partition coefficient (Wildman–Crippen LogP) is 0.953. The minimum absolute atomic E-state index is 0.00543. The molecule has 0 aromatic rings. The molecule has 0 saturated carbocycles. The van der Waals surface area contributed by atoms with Crippen LogP contribution in [0.25, 0.3) is 0 Å². The van der Waals surface area contributed by atoms with Crippen LogP contribution < -0.4 is 10.6 Å². The van der Waals surface area contributed by atoms with Crippen LogP contribution in [0, 0.1) is 0 Å². The first-order valence-electron chi connectivity index (χ1n) is 5.02. The lowest BCUT2D eigenvalue weighted by atomic mass is 10.4. The number of carbonyl (C=O) groups excluding carboxylic acids is 1. The van der Waals surface area contributed by atoms with E-state index in [2.05, 4.69) is 17.2 Å². The van der Waals surface area contributed by atoms with Crippen molar-refractivity contribution >= 4 is 17.7 Å². The summed E-state index contributed by atoms with van der Waals surface area (Å²) >= 11 is 1.54. The van der Waals surface area contributed by atoms with Gasteiger partial charge < -0.3 is 15.4 Å². The van der Waals surface area contributed by atoms with Crippen LogP contribution in [-0.2, 0) is 9.53 Å². The second-order valence-electron chi connectivity index (χ2n) is 2.90. The summed E-state index contributed by atoms with van der Waals surface area (Å²) < 4.78 is 4.86. The average Bonchev–Trinajstić information content (AvgIpc) is 2.17. The van der Waals surface area contributed by atoms with E-state index in [-0.39, 0.29) is 5.91 Å². The second-order valence-corrected chi connectivity index (χ2v) is 4.26. The van der Waals surface area contributed by atoms with Gasteiger partial charge in [0, 0.05) is 26.6 Å². The van der Waals surface area contributed by atoms with Gasteiger partial charge in [0.2, 0.25) is 5.91 Å². The van der Waals surface area contributed by atoms with E-state index in [1.807, 2.05) is 6.92 Å². The van der Waals surface area contributed by atoms with Gasteiger partial charge in [0.25, 0.3) is 0 Å². The summed E-state index contributed by atoms with van der Waals surface area (Å²) in [6.45, 7) is 7.86. The van der Waals surface area contributed by atoms with Crippen LogP contribution in [0.4, 0.5) is 0 Å². The van der Waals surface area contributed by atoms with Crippen LogP contribution in [0.1, 0.15) is 13.3 Å². The minimum atomic E-state index is 0.00543. The van der Waals surface area contributed by atoms with E-state index in [0.717, 1.165) is 17.3 Å². The van der Waals surface area contributed by atoms with Crippen molar-refractivity contribution in [3.63, 3.8) is 0 Å². The van der Waals surface area contributed by atoms with E-state index in [1.54, 1.807) is 18.9 Å². The minimum Gasteiger partial charge on any atom is -0.383 e. The van der Waals surface area contributed by atoms with Crippen molar-refractivity contribution in [2.45, 2.75) is 13.3 Å². The Balaban J connectivity index is 3.37. The van der Waals surface area contributed by atoms with Gasteiger partial charge in [0.05, 0.1) is 11.6 Å². The van der Waals surface area contributed by atoms with Crippen molar-refractivity contribution in [2.24, 2.45) is 0 Å². The van der Waals surface area contributed by atoms with Crippen LogP contribution >= 0.6 is 11.8 Å². The molecule has 15 heavy (non-hydrogen) atoms. The molecule has 0 unspecified atom stereocenters. The highest BCUT2D eigenvalue weighted by Crippen LogP contribution is 2.08. The van der Waals surface area contributed by atoms with Gasteiger partial charge in [0.1, 0.15) is 0 Å². The first kappa shape index (κ1) is 14.5. The first-order valence-corrected chi connectivity index (χ1v) is 6.00. The number of thioether (sulfide) groups is 1. The third kappa shape index (κ3) is 9.78. The zero-order chi connectivity index (χ0) is 11.5. The maximum atomic E-state index is 11.3. The number of rotatable bonds is 9. The summed E-state index contributed by atoms with van der Waals surface area (Å²) in [6, 6.07) is 0. The highest BCUT2D eigenvalue weighted by Gasteiger charge is 2.01. The number of nitrogens with one attached hydrogen (secondary N) is 2. The summed E-state index contributed by atoms with van der Waals surface area (Å²) in [7, 11) is 1.65. The Morgan fingerprint density at radius 2 is 2.20 bits per heavy atom. The summed E-state index contributed by atoms with van der Waals surface area (Å²) in [4.78, 5) is 11.3. The Labute approximate surface area is 95.8 Å². The summed E-state index contributed by atoms with van der Waals surface area (Å²) in [5.41, 5.74) is 0. The van der Waals surface area contributed by atoms with Gasteiger partial charge in [-0.3, -0.25) is 4.79 Å². The molecule has 0 fully saturated rings. The third-order valence-electron chi connectivity index (χ3n) is 1.61. The molecule has 2 N–H and O–H groups in total. The van der Waals surface area contributed by atoms with Crippen molar-refractivity contribution in [1.29, 1.82) is 0 Å². The molecule has 0 aromatic carbocycles. The molecule has 4 nitrogen and oxygen atoms in total. The molecule has 0 heterocycles. The lowest BCUT2D eigenvalue weighted by Crippen LogP contribution is -2.27. The second kappa shape index (κ2) is 10.0. The van der Waals surface area contributed by atoms with E-state index in [4.69, 9.17) is 4.74 Å². The Kier molecular flexibility index (Phi) is 9.67. The molecule has 0 bridgehead atoms. The monoisotopic (exact) mass is 232 g/mol. The Morgan fingerprint density at radius 3 is 2.80 bits per heavy atom. The highest BCUT2D eigenvalue weighted by atomic mass is 32.2. The third-order valence-corrected chi connectivity index (χ3v) is 2.35. The SMILES string of the molecule is C=C(NC(=O)CCNCCOC)SCC. The summed E-state index contributed by atoms with van der Waals surface area (Å²) in [6.07, 6.45) is 0.465. The molecule has 0 aliphatic rings. The molecule has 0 saturated heterocycles. The molecule has 0 aliphatic carbocycles. The Hall–Kier alpha value is -0.520. The highest BCUT2D eigenvalue weighted by molar-refractivity contribution is 8.02. The molecule has 0 spiro atoms.